The van der Waals surface area contributed by atoms with Crippen LogP contribution in [0, 0.1) is 24.0 Å². The first-order valence-corrected chi connectivity index (χ1v) is 13.9. The average Bonchev–Trinajstić information content (AvgIpc) is 3.33. The number of aliphatic carboxylic acids is 1. The molecule has 2 N–H and O–H groups in total. The molecule has 0 spiro atoms. The summed E-state index contributed by atoms with van der Waals surface area (Å²) in [6.07, 6.45) is 4.56. The van der Waals surface area contributed by atoms with Crippen molar-refractivity contribution in [2.45, 2.75) is 46.6 Å². The van der Waals surface area contributed by atoms with Gasteiger partial charge in [-0.2, -0.15) is 0 Å². The molecular weight excluding hydrogens is 540 g/mol. The molecule has 216 valence electrons. The molecule has 2 aromatic carbocycles. The van der Waals surface area contributed by atoms with Crippen LogP contribution in [0.15, 0.2) is 53.3 Å². The van der Waals surface area contributed by atoms with Crippen LogP contribution in [0.2, 0.25) is 0 Å². The second-order valence-corrected chi connectivity index (χ2v) is 11.6. The molecule has 1 aliphatic heterocycles. The van der Waals surface area contributed by atoms with Crippen molar-refractivity contribution in [2.24, 2.45) is 5.41 Å². The largest absolute Gasteiger partial charge is 0.481 e. The number of nitrogens with zero attached hydrogens (tertiary/aromatic N) is 4. The third kappa shape index (κ3) is 5.13. The van der Waals surface area contributed by atoms with Gasteiger partial charge in [-0.1, -0.05) is 26.0 Å². The van der Waals surface area contributed by atoms with Crippen molar-refractivity contribution in [3.8, 4) is 11.1 Å². The van der Waals surface area contributed by atoms with Gasteiger partial charge in [0.15, 0.2) is 11.4 Å². The van der Waals surface area contributed by atoms with E-state index in [1.807, 2.05) is 24.3 Å². The molecule has 10 heteroatoms. The minimum Gasteiger partial charge on any atom is -0.481 e. The van der Waals surface area contributed by atoms with Crippen molar-refractivity contribution in [2.75, 3.05) is 23.3 Å². The number of piperidine rings is 1. The lowest BCUT2D eigenvalue weighted by Gasteiger charge is -2.40. The Balaban J connectivity index is 1.35. The average molecular weight is 572 g/mol. The van der Waals surface area contributed by atoms with E-state index < -0.39 is 17.6 Å². The summed E-state index contributed by atoms with van der Waals surface area (Å²) in [6, 6.07) is 10.0. The number of halogens is 2. The van der Waals surface area contributed by atoms with E-state index in [1.165, 1.54) is 18.5 Å². The van der Waals surface area contributed by atoms with E-state index in [4.69, 9.17) is 4.42 Å². The van der Waals surface area contributed by atoms with Gasteiger partial charge >= 0.3 is 5.97 Å². The highest BCUT2D eigenvalue weighted by Crippen LogP contribution is 2.40. The van der Waals surface area contributed by atoms with Crippen LogP contribution < -0.4 is 10.2 Å². The number of nitrogens with one attached hydrogen (secondary N) is 1. The number of fused-ring (bicyclic) bond motifs is 3. The predicted octanol–water partition coefficient (Wildman–Crippen LogP) is 6.89. The van der Waals surface area contributed by atoms with Gasteiger partial charge in [-0.3, -0.25) is 9.78 Å². The van der Waals surface area contributed by atoms with Crippen molar-refractivity contribution in [3.63, 3.8) is 0 Å². The molecule has 0 radical (unpaired) electrons. The zero-order valence-electron chi connectivity index (χ0n) is 23.7. The Bertz CT molecular complexity index is 1800. The van der Waals surface area contributed by atoms with Gasteiger partial charge in [0, 0.05) is 53.6 Å². The number of hydrogen-bond donors (Lipinski definition) is 2. The highest BCUT2D eigenvalue weighted by Gasteiger charge is 2.30. The summed E-state index contributed by atoms with van der Waals surface area (Å²) in [7, 11) is 0. The molecule has 0 saturated carbocycles. The van der Waals surface area contributed by atoms with Gasteiger partial charge in [0.2, 0.25) is 0 Å². The van der Waals surface area contributed by atoms with Crippen LogP contribution in [0.3, 0.4) is 0 Å². The highest BCUT2D eigenvalue weighted by atomic mass is 19.1. The fraction of sp³-hybridized carbons (Fsp3) is 0.312. The van der Waals surface area contributed by atoms with E-state index in [0.29, 0.717) is 63.7 Å². The summed E-state index contributed by atoms with van der Waals surface area (Å²) in [5, 5.41) is 13.5. The first-order chi connectivity index (χ1) is 20.1. The van der Waals surface area contributed by atoms with Crippen LogP contribution in [0.5, 0.6) is 0 Å². The lowest BCUT2D eigenvalue weighted by molar-refractivity contribution is -0.136. The summed E-state index contributed by atoms with van der Waals surface area (Å²) in [6.45, 7) is 7.42. The number of anilines is 2. The van der Waals surface area contributed by atoms with Gasteiger partial charge in [0.1, 0.15) is 29.1 Å². The number of carboxylic acid groups (broad SMARTS) is 1. The first kappa shape index (κ1) is 27.6. The van der Waals surface area contributed by atoms with E-state index in [2.05, 4.69) is 39.0 Å². The number of aryl methyl sites for hydroxylation is 1. The van der Waals surface area contributed by atoms with Crippen LogP contribution in [-0.4, -0.2) is 39.1 Å². The molecule has 8 nitrogen and oxygen atoms in total. The number of furan rings is 1. The number of carbonyl (C=O) groups is 1. The summed E-state index contributed by atoms with van der Waals surface area (Å²) in [4.78, 5) is 26.9. The van der Waals surface area contributed by atoms with E-state index in [9.17, 15) is 9.90 Å². The Labute approximate surface area is 241 Å². The Morgan fingerprint density at radius 1 is 1.07 bits per heavy atom. The van der Waals surface area contributed by atoms with E-state index >= 15 is 8.78 Å². The first-order valence-electron chi connectivity index (χ1n) is 13.9. The zero-order chi connectivity index (χ0) is 29.6. The Hall–Kier alpha value is -4.60. The minimum atomic E-state index is -0.988. The number of aromatic nitrogens is 3. The van der Waals surface area contributed by atoms with Gasteiger partial charge in [0.25, 0.3) is 0 Å². The monoisotopic (exact) mass is 571 g/mol. The molecule has 0 bridgehead atoms. The molecular formula is C32H31F2N5O3. The molecule has 0 amide bonds. The second-order valence-electron chi connectivity index (χ2n) is 11.6. The van der Waals surface area contributed by atoms with E-state index in [-0.39, 0.29) is 23.9 Å². The van der Waals surface area contributed by atoms with Crippen molar-refractivity contribution < 1.29 is 23.1 Å². The lowest BCUT2D eigenvalue weighted by atomic mass is 9.82. The zero-order valence-corrected chi connectivity index (χ0v) is 23.7. The maximum atomic E-state index is 15.6. The maximum absolute atomic E-state index is 15.6. The maximum Gasteiger partial charge on any atom is 0.307 e. The molecule has 1 saturated heterocycles. The summed E-state index contributed by atoms with van der Waals surface area (Å²) in [5.74, 6) is -2.13. The van der Waals surface area contributed by atoms with Gasteiger partial charge in [0.05, 0.1) is 12.1 Å². The molecule has 42 heavy (non-hydrogen) atoms. The fourth-order valence-electron chi connectivity index (χ4n) is 5.65. The third-order valence-corrected chi connectivity index (χ3v) is 8.17. The normalized spacial score (nSPS) is 14.9. The SMILES string of the molecule is Cc1ncc(-c2cc(F)c(CNc3ncnc4c3oc3ccccc34)c(F)c2)c(N2CCC(C)(C)CC2)c1CC(=O)O. The number of carboxylic acids is 1. The summed E-state index contributed by atoms with van der Waals surface area (Å²) in [5.41, 5.74) is 4.29. The standard InChI is InChI=1S/C32H31F2N5O3/c1-18-21(14-27(40)41)29(39-10-8-32(2,3)9-11-39)22(15-35-18)19-12-24(33)23(25(34)13-19)16-36-31-30-28(37-17-38-31)20-6-4-5-7-26(20)42-30/h4-7,12-13,15,17H,8-11,14,16H2,1-3H3,(H,40,41)(H,36,37,38). The van der Waals surface area contributed by atoms with Crippen molar-refractivity contribution >= 4 is 39.5 Å². The van der Waals surface area contributed by atoms with Crippen molar-refractivity contribution in [1.82, 2.24) is 15.0 Å². The Morgan fingerprint density at radius 3 is 2.50 bits per heavy atom. The summed E-state index contributed by atoms with van der Waals surface area (Å²) < 4.78 is 37.1. The van der Waals surface area contributed by atoms with Crippen LogP contribution in [0.4, 0.5) is 20.3 Å². The van der Waals surface area contributed by atoms with Crippen LogP contribution in [0.25, 0.3) is 33.2 Å². The van der Waals surface area contributed by atoms with Gasteiger partial charge in [-0.25, -0.2) is 18.7 Å². The molecule has 0 unspecified atom stereocenters. The van der Waals surface area contributed by atoms with Crippen molar-refractivity contribution in [1.29, 1.82) is 0 Å². The van der Waals surface area contributed by atoms with Gasteiger partial charge < -0.3 is 19.7 Å². The lowest BCUT2D eigenvalue weighted by Crippen LogP contribution is -2.38. The number of rotatable bonds is 7. The van der Waals surface area contributed by atoms with Crippen LogP contribution in [0.1, 0.15) is 43.5 Å². The Kier molecular flexibility index (Phi) is 7.00. The number of benzene rings is 2. The minimum absolute atomic E-state index is 0.159. The molecule has 5 aromatic rings. The Morgan fingerprint density at radius 2 is 1.79 bits per heavy atom. The van der Waals surface area contributed by atoms with Gasteiger partial charge in [-0.15, -0.1) is 0 Å². The molecule has 0 aliphatic carbocycles. The van der Waals surface area contributed by atoms with E-state index in [1.54, 1.807) is 13.1 Å². The van der Waals surface area contributed by atoms with E-state index in [0.717, 1.165) is 18.2 Å². The smallest absolute Gasteiger partial charge is 0.307 e. The van der Waals surface area contributed by atoms with Gasteiger partial charge in [-0.05, 0) is 55.0 Å². The summed E-state index contributed by atoms with van der Waals surface area (Å²) >= 11 is 0. The fourth-order valence-corrected chi connectivity index (χ4v) is 5.65. The molecule has 6 rings (SSSR count). The number of pyridine rings is 1. The molecule has 4 heterocycles. The predicted molar refractivity (Wildman–Crippen MR) is 158 cm³/mol. The topological polar surface area (TPSA) is 104 Å². The molecule has 3 aromatic heterocycles. The molecule has 1 aliphatic rings. The molecule has 0 atom stereocenters. The number of para-hydroxylation sites is 1. The quantitative estimate of drug-likeness (QED) is 0.218. The number of hydrogen-bond acceptors (Lipinski definition) is 7. The molecule has 1 fully saturated rings. The van der Waals surface area contributed by atoms with Crippen molar-refractivity contribution in [3.05, 3.63) is 77.4 Å². The third-order valence-electron chi connectivity index (χ3n) is 8.17. The highest BCUT2D eigenvalue weighted by molar-refractivity contribution is 6.05. The second kappa shape index (κ2) is 10.7. The van der Waals surface area contributed by atoms with Crippen LogP contribution >= 0.6 is 0 Å². The van der Waals surface area contributed by atoms with Crippen LogP contribution in [-0.2, 0) is 17.8 Å².